The van der Waals surface area contributed by atoms with Gasteiger partial charge in [0, 0.05) is 5.56 Å². The number of rotatable bonds is 2. The van der Waals surface area contributed by atoms with Crippen molar-refractivity contribution in [1.82, 2.24) is 10.3 Å². The largest absolute Gasteiger partial charge is 0.445 e. The summed E-state index contributed by atoms with van der Waals surface area (Å²) in [6.07, 6.45) is -9.27. The number of alkyl halides is 5. The molecule has 1 N–H and O–H groups in total. The SMILES string of the molecule is CC1(c2nc(Br)ccc2F)N=C(NC(=O)c2ccccc2)OC(C(F)(F)F)C1(F)F. The molecular weight excluding hydrogens is 484 g/mol. The summed E-state index contributed by atoms with van der Waals surface area (Å²) in [6.45, 7) is 0.584. The lowest BCUT2D eigenvalue weighted by Gasteiger charge is -2.42. The summed E-state index contributed by atoms with van der Waals surface area (Å²) in [5.74, 6) is -7.02. The molecule has 0 saturated carbocycles. The molecule has 1 aromatic carbocycles. The quantitative estimate of drug-likeness (QED) is 0.489. The van der Waals surface area contributed by atoms with E-state index in [1.165, 1.54) is 24.3 Å². The number of carbonyl (C=O) groups is 1. The number of benzene rings is 1. The van der Waals surface area contributed by atoms with Crippen LogP contribution in [0.3, 0.4) is 0 Å². The van der Waals surface area contributed by atoms with Crippen molar-refractivity contribution in [2.75, 3.05) is 0 Å². The number of amidine groups is 1. The maximum Gasteiger partial charge on any atom is 0.431 e. The predicted molar refractivity (Wildman–Crippen MR) is 96.5 cm³/mol. The summed E-state index contributed by atoms with van der Waals surface area (Å²) in [5.41, 5.74) is -4.18. The zero-order valence-electron chi connectivity index (χ0n) is 15.0. The number of halogens is 7. The molecule has 3 rings (SSSR count). The first-order chi connectivity index (χ1) is 13.9. The van der Waals surface area contributed by atoms with Gasteiger partial charge in [-0.15, -0.1) is 0 Å². The van der Waals surface area contributed by atoms with Gasteiger partial charge in [-0.1, -0.05) is 18.2 Å². The predicted octanol–water partition coefficient (Wildman–Crippen LogP) is 4.58. The van der Waals surface area contributed by atoms with Gasteiger partial charge in [0.1, 0.15) is 16.1 Å². The first-order valence-corrected chi connectivity index (χ1v) is 9.05. The van der Waals surface area contributed by atoms with E-state index in [0.717, 1.165) is 12.1 Å². The molecule has 0 bridgehead atoms. The van der Waals surface area contributed by atoms with E-state index in [4.69, 9.17) is 0 Å². The normalized spacial score (nSPS) is 23.3. The van der Waals surface area contributed by atoms with Crippen LogP contribution in [-0.4, -0.2) is 35.1 Å². The molecule has 1 aromatic heterocycles. The van der Waals surface area contributed by atoms with E-state index < -0.39 is 47.2 Å². The molecule has 0 spiro atoms. The molecule has 5 nitrogen and oxygen atoms in total. The number of pyridine rings is 1. The summed E-state index contributed by atoms with van der Waals surface area (Å²) in [5, 5.41) is 1.93. The lowest BCUT2D eigenvalue weighted by molar-refractivity contribution is -0.288. The third-order valence-corrected chi connectivity index (χ3v) is 4.80. The average Bonchev–Trinajstić information content (AvgIpc) is 2.66. The monoisotopic (exact) mass is 495 g/mol. The number of aliphatic imine (C=N–C) groups is 1. The molecule has 2 unspecified atom stereocenters. The Kier molecular flexibility index (Phi) is 5.56. The minimum Gasteiger partial charge on any atom is -0.445 e. The van der Waals surface area contributed by atoms with Crippen LogP contribution in [0.1, 0.15) is 23.0 Å². The van der Waals surface area contributed by atoms with Crippen molar-refractivity contribution in [3.8, 4) is 0 Å². The van der Waals surface area contributed by atoms with Crippen LogP contribution in [0.5, 0.6) is 0 Å². The Morgan fingerprint density at radius 2 is 1.80 bits per heavy atom. The highest BCUT2D eigenvalue weighted by Gasteiger charge is 2.70. The number of hydrogen-bond donors (Lipinski definition) is 1. The third kappa shape index (κ3) is 3.87. The van der Waals surface area contributed by atoms with Crippen molar-refractivity contribution in [2.24, 2.45) is 4.99 Å². The van der Waals surface area contributed by atoms with E-state index >= 15 is 0 Å². The number of ether oxygens (including phenoxy) is 1. The molecule has 1 amide bonds. The second kappa shape index (κ2) is 7.56. The summed E-state index contributed by atoms with van der Waals surface area (Å²) < 4.78 is 88.7. The minimum atomic E-state index is -5.56. The molecule has 0 aliphatic carbocycles. The number of nitrogens with zero attached hydrogens (tertiary/aromatic N) is 2. The van der Waals surface area contributed by atoms with Gasteiger partial charge in [0.05, 0.1) is 0 Å². The number of hydrogen-bond acceptors (Lipinski definition) is 4. The van der Waals surface area contributed by atoms with Crippen molar-refractivity contribution in [1.29, 1.82) is 0 Å². The number of amides is 1. The molecule has 2 heterocycles. The van der Waals surface area contributed by atoms with Gasteiger partial charge in [-0.3, -0.25) is 10.1 Å². The number of carbonyl (C=O) groups excluding carboxylic acids is 1. The van der Waals surface area contributed by atoms with Crippen LogP contribution < -0.4 is 5.32 Å². The number of aromatic nitrogens is 1. The summed E-state index contributed by atoms with van der Waals surface area (Å²) in [4.78, 5) is 19.3. The van der Waals surface area contributed by atoms with Crippen LogP contribution in [-0.2, 0) is 10.3 Å². The van der Waals surface area contributed by atoms with Gasteiger partial charge >= 0.3 is 12.1 Å². The first-order valence-electron chi connectivity index (χ1n) is 8.26. The van der Waals surface area contributed by atoms with E-state index in [0.29, 0.717) is 6.92 Å². The molecule has 1 aliphatic rings. The van der Waals surface area contributed by atoms with Crippen LogP contribution in [0.15, 0.2) is 52.1 Å². The zero-order chi connectivity index (χ0) is 22.3. The molecule has 160 valence electrons. The van der Waals surface area contributed by atoms with Crippen molar-refractivity contribution in [3.05, 3.63) is 64.1 Å². The van der Waals surface area contributed by atoms with Crippen LogP contribution in [0.25, 0.3) is 0 Å². The Hall–Kier alpha value is -2.63. The highest BCUT2D eigenvalue weighted by Crippen LogP contribution is 2.50. The van der Waals surface area contributed by atoms with E-state index in [-0.39, 0.29) is 10.2 Å². The zero-order valence-corrected chi connectivity index (χ0v) is 16.6. The van der Waals surface area contributed by atoms with E-state index in [9.17, 15) is 31.1 Å². The second-order valence-electron chi connectivity index (χ2n) is 6.44. The molecule has 2 atom stereocenters. The lowest BCUT2D eigenvalue weighted by Crippen LogP contribution is -2.62. The third-order valence-electron chi connectivity index (χ3n) is 4.36. The van der Waals surface area contributed by atoms with Crippen LogP contribution >= 0.6 is 15.9 Å². The minimum absolute atomic E-state index is 0.0122. The van der Waals surface area contributed by atoms with E-state index in [1.54, 1.807) is 6.07 Å². The fourth-order valence-electron chi connectivity index (χ4n) is 2.80. The van der Waals surface area contributed by atoms with Gasteiger partial charge in [0.25, 0.3) is 18.0 Å². The highest BCUT2D eigenvalue weighted by atomic mass is 79.9. The van der Waals surface area contributed by atoms with E-state index in [1.807, 2.05) is 5.32 Å². The Labute approximate surface area is 174 Å². The van der Waals surface area contributed by atoms with Gasteiger partial charge in [-0.05, 0) is 47.1 Å². The second-order valence-corrected chi connectivity index (χ2v) is 7.25. The molecule has 0 fully saturated rings. The first kappa shape index (κ1) is 22.1. The van der Waals surface area contributed by atoms with Crippen molar-refractivity contribution in [3.63, 3.8) is 0 Å². The summed E-state index contributed by atoms with van der Waals surface area (Å²) in [7, 11) is 0. The average molecular weight is 496 g/mol. The summed E-state index contributed by atoms with van der Waals surface area (Å²) >= 11 is 2.87. The lowest BCUT2D eigenvalue weighted by atomic mass is 9.85. The Bertz CT molecular complexity index is 999. The van der Waals surface area contributed by atoms with Gasteiger partial charge < -0.3 is 4.74 Å². The molecular formula is C18H12BrF6N3O2. The van der Waals surface area contributed by atoms with Crippen molar-refractivity contribution >= 4 is 27.9 Å². The number of nitrogens with one attached hydrogen (secondary N) is 1. The Morgan fingerprint density at radius 3 is 2.40 bits per heavy atom. The van der Waals surface area contributed by atoms with Gasteiger partial charge in [0.15, 0.2) is 5.54 Å². The summed E-state index contributed by atoms with van der Waals surface area (Å²) in [6, 6.07) is 7.93. The molecule has 1 aliphatic heterocycles. The van der Waals surface area contributed by atoms with Crippen LogP contribution in [0.2, 0.25) is 0 Å². The maximum absolute atomic E-state index is 15.0. The molecule has 0 radical (unpaired) electrons. The Morgan fingerprint density at radius 1 is 1.17 bits per heavy atom. The highest BCUT2D eigenvalue weighted by molar-refractivity contribution is 9.10. The van der Waals surface area contributed by atoms with Crippen molar-refractivity contribution < 1.29 is 35.9 Å². The Balaban J connectivity index is 2.13. The molecule has 12 heteroatoms. The van der Waals surface area contributed by atoms with Gasteiger partial charge in [-0.2, -0.15) is 22.0 Å². The van der Waals surface area contributed by atoms with Crippen LogP contribution in [0.4, 0.5) is 26.3 Å². The molecule has 2 aromatic rings. The topological polar surface area (TPSA) is 63.6 Å². The van der Waals surface area contributed by atoms with E-state index in [2.05, 4.69) is 30.6 Å². The fraction of sp³-hybridized carbons (Fsp3) is 0.278. The van der Waals surface area contributed by atoms with Gasteiger partial charge in [0.2, 0.25) is 0 Å². The van der Waals surface area contributed by atoms with Crippen molar-refractivity contribution in [2.45, 2.75) is 30.7 Å². The fourth-order valence-corrected chi connectivity index (χ4v) is 3.11. The van der Waals surface area contributed by atoms with Gasteiger partial charge in [-0.25, -0.2) is 14.4 Å². The standard InChI is InChI=1S/C18H12BrF6N3O2/c1-16(12-10(20)7-8-11(19)26-12)17(21,22)14(18(23,24)25)30-15(28-16)27-13(29)9-5-3-2-4-6-9/h2-8,14H,1H3,(H,27,28,29). The molecule has 30 heavy (non-hydrogen) atoms. The maximum atomic E-state index is 15.0. The molecule has 0 saturated heterocycles. The smallest absolute Gasteiger partial charge is 0.431 e. The van der Waals surface area contributed by atoms with Crippen LogP contribution in [0, 0.1) is 5.82 Å².